The van der Waals surface area contributed by atoms with Gasteiger partial charge in [0.05, 0.1) is 16.9 Å². The largest absolute Gasteiger partial charge is 0.322 e. The first-order chi connectivity index (χ1) is 10.2. The van der Waals surface area contributed by atoms with Crippen molar-refractivity contribution >= 4 is 22.6 Å². The molecule has 0 spiro atoms. The van der Waals surface area contributed by atoms with Crippen molar-refractivity contribution in [3.8, 4) is 0 Å². The van der Waals surface area contributed by atoms with Crippen molar-refractivity contribution < 1.29 is 4.39 Å². The summed E-state index contributed by atoms with van der Waals surface area (Å²) in [5.74, 6) is 1.04. The first kappa shape index (κ1) is 13.5. The molecule has 1 unspecified atom stereocenters. The lowest BCUT2D eigenvalue weighted by molar-refractivity contribution is 0.314. The molecule has 5 heteroatoms. The molecular weight excluding hydrogens is 289 g/mol. The minimum absolute atomic E-state index is 0.195. The first-order valence-electron chi connectivity index (χ1n) is 7.64. The van der Waals surface area contributed by atoms with E-state index in [9.17, 15) is 4.39 Å². The molecule has 2 aliphatic rings. The van der Waals surface area contributed by atoms with Crippen molar-refractivity contribution in [2.24, 2.45) is 0 Å². The van der Waals surface area contributed by atoms with Crippen LogP contribution in [0.3, 0.4) is 0 Å². The van der Waals surface area contributed by atoms with Crippen LogP contribution in [0.15, 0.2) is 12.1 Å². The van der Waals surface area contributed by atoms with E-state index in [2.05, 4.69) is 14.5 Å². The van der Waals surface area contributed by atoms with Crippen molar-refractivity contribution in [1.82, 2.24) is 14.5 Å². The Labute approximate surface area is 128 Å². The Balaban J connectivity index is 1.77. The number of fused-ring (bicyclic) bond motifs is 1. The van der Waals surface area contributed by atoms with Gasteiger partial charge in [0.1, 0.15) is 11.6 Å². The summed E-state index contributed by atoms with van der Waals surface area (Å²) in [5.41, 5.74) is 2.41. The van der Waals surface area contributed by atoms with Crippen LogP contribution in [-0.2, 0) is 5.88 Å². The van der Waals surface area contributed by atoms with Gasteiger partial charge in [-0.25, -0.2) is 9.37 Å². The van der Waals surface area contributed by atoms with Crippen LogP contribution in [0.5, 0.6) is 0 Å². The van der Waals surface area contributed by atoms with Crippen LogP contribution in [0.1, 0.15) is 36.7 Å². The first-order valence-corrected chi connectivity index (χ1v) is 8.18. The SMILES string of the molecule is Cc1cc2c(cc1F)nc(CCl)n2C1CCN(C2CC2)C1. The Morgan fingerprint density at radius 1 is 1.29 bits per heavy atom. The fourth-order valence-electron chi connectivity index (χ4n) is 3.52. The summed E-state index contributed by atoms with van der Waals surface area (Å²) in [6.45, 7) is 4.02. The quantitative estimate of drug-likeness (QED) is 0.807. The van der Waals surface area contributed by atoms with Gasteiger partial charge in [-0.2, -0.15) is 0 Å². The third-order valence-electron chi connectivity index (χ3n) is 4.79. The monoisotopic (exact) mass is 307 g/mol. The molecule has 2 aromatic rings. The maximum absolute atomic E-state index is 13.8. The molecule has 1 saturated carbocycles. The molecule has 112 valence electrons. The van der Waals surface area contributed by atoms with Crippen LogP contribution >= 0.6 is 11.6 Å². The van der Waals surface area contributed by atoms with Crippen LogP contribution in [0.4, 0.5) is 4.39 Å². The van der Waals surface area contributed by atoms with E-state index in [0.717, 1.165) is 42.4 Å². The molecule has 3 nitrogen and oxygen atoms in total. The summed E-state index contributed by atoms with van der Waals surface area (Å²) in [4.78, 5) is 7.11. The molecule has 1 atom stereocenters. The second-order valence-corrected chi connectivity index (χ2v) is 6.56. The summed E-state index contributed by atoms with van der Waals surface area (Å²) in [5, 5.41) is 0. The number of imidazole rings is 1. The Morgan fingerprint density at radius 3 is 2.81 bits per heavy atom. The molecule has 1 saturated heterocycles. The second kappa shape index (κ2) is 4.96. The van der Waals surface area contributed by atoms with Crippen molar-refractivity contribution in [2.75, 3.05) is 13.1 Å². The zero-order valence-corrected chi connectivity index (χ0v) is 12.9. The second-order valence-electron chi connectivity index (χ2n) is 6.29. The average molecular weight is 308 g/mol. The highest BCUT2D eigenvalue weighted by Gasteiger charge is 2.36. The molecule has 0 radical (unpaired) electrons. The van der Waals surface area contributed by atoms with Crippen LogP contribution in [0.2, 0.25) is 0 Å². The number of rotatable bonds is 3. The highest BCUT2D eigenvalue weighted by Crippen LogP contribution is 2.35. The fraction of sp³-hybridized carbons (Fsp3) is 0.562. The average Bonchev–Trinajstić information content (AvgIpc) is 3.10. The van der Waals surface area contributed by atoms with E-state index in [0.29, 0.717) is 17.5 Å². The lowest BCUT2D eigenvalue weighted by Gasteiger charge is -2.18. The van der Waals surface area contributed by atoms with Gasteiger partial charge in [0, 0.05) is 31.2 Å². The minimum atomic E-state index is -0.195. The molecule has 1 aliphatic heterocycles. The number of aromatic nitrogens is 2. The van der Waals surface area contributed by atoms with Crippen molar-refractivity contribution in [3.63, 3.8) is 0 Å². The Hall–Kier alpha value is -1.13. The van der Waals surface area contributed by atoms with E-state index in [4.69, 9.17) is 11.6 Å². The molecule has 1 aromatic heterocycles. The standard InChI is InChI=1S/C16H19ClFN3/c1-10-6-15-14(7-13(10)18)19-16(8-17)21(15)12-4-5-20(9-12)11-2-3-11/h6-7,11-12H,2-5,8-9H2,1H3. The van der Waals surface area contributed by atoms with Gasteiger partial charge in [0.15, 0.2) is 0 Å². The van der Waals surface area contributed by atoms with Gasteiger partial charge < -0.3 is 4.57 Å². The van der Waals surface area contributed by atoms with Gasteiger partial charge in [-0.15, -0.1) is 11.6 Å². The molecule has 2 fully saturated rings. The van der Waals surface area contributed by atoms with Crippen LogP contribution in [0, 0.1) is 12.7 Å². The zero-order valence-electron chi connectivity index (χ0n) is 12.1. The number of nitrogens with zero attached hydrogens (tertiary/aromatic N) is 3. The van der Waals surface area contributed by atoms with Gasteiger partial charge in [0.2, 0.25) is 0 Å². The number of hydrogen-bond donors (Lipinski definition) is 0. The molecule has 0 N–H and O–H groups in total. The van der Waals surface area contributed by atoms with E-state index in [1.54, 1.807) is 6.92 Å². The molecule has 21 heavy (non-hydrogen) atoms. The number of likely N-dealkylation sites (tertiary alicyclic amines) is 1. The maximum Gasteiger partial charge on any atom is 0.128 e. The normalized spacial score (nSPS) is 23.3. The summed E-state index contributed by atoms with van der Waals surface area (Å²) < 4.78 is 16.0. The van der Waals surface area contributed by atoms with Crippen LogP contribution in [0.25, 0.3) is 11.0 Å². The van der Waals surface area contributed by atoms with Gasteiger partial charge in [0.25, 0.3) is 0 Å². The molecule has 4 rings (SSSR count). The summed E-state index contributed by atoms with van der Waals surface area (Å²) in [7, 11) is 0. The van der Waals surface area contributed by atoms with E-state index in [1.165, 1.54) is 18.9 Å². The molecule has 1 aliphatic carbocycles. The number of aryl methyl sites for hydroxylation is 1. The lowest BCUT2D eigenvalue weighted by Crippen LogP contribution is -2.24. The van der Waals surface area contributed by atoms with Crippen molar-refractivity contribution in [3.05, 3.63) is 29.3 Å². The minimum Gasteiger partial charge on any atom is -0.322 e. The summed E-state index contributed by atoms with van der Waals surface area (Å²) in [6, 6.07) is 4.65. The topological polar surface area (TPSA) is 21.1 Å². The van der Waals surface area contributed by atoms with Gasteiger partial charge in [-0.3, -0.25) is 4.90 Å². The van der Waals surface area contributed by atoms with Crippen molar-refractivity contribution in [2.45, 2.75) is 44.1 Å². The van der Waals surface area contributed by atoms with Gasteiger partial charge in [-0.05, 0) is 37.8 Å². The van der Waals surface area contributed by atoms with E-state index >= 15 is 0 Å². The molecular formula is C16H19ClFN3. The predicted molar refractivity (Wildman–Crippen MR) is 82.2 cm³/mol. The number of alkyl halides is 1. The van der Waals surface area contributed by atoms with E-state index in [1.807, 2.05) is 6.07 Å². The predicted octanol–water partition coefficient (Wildman–Crippen LogP) is 3.63. The highest BCUT2D eigenvalue weighted by molar-refractivity contribution is 6.16. The van der Waals surface area contributed by atoms with E-state index < -0.39 is 0 Å². The van der Waals surface area contributed by atoms with Crippen molar-refractivity contribution in [1.29, 1.82) is 0 Å². The number of hydrogen-bond acceptors (Lipinski definition) is 2. The summed E-state index contributed by atoms with van der Waals surface area (Å²) >= 11 is 6.08. The molecule has 0 bridgehead atoms. The zero-order chi connectivity index (χ0) is 14.6. The number of halogens is 2. The van der Waals surface area contributed by atoms with Gasteiger partial charge >= 0.3 is 0 Å². The molecule has 2 heterocycles. The third kappa shape index (κ3) is 2.25. The summed E-state index contributed by atoms with van der Waals surface area (Å²) in [6.07, 6.45) is 3.80. The van der Waals surface area contributed by atoms with Crippen LogP contribution in [-0.4, -0.2) is 33.6 Å². The Kier molecular flexibility index (Phi) is 3.19. The van der Waals surface area contributed by atoms with Crippen LogP contribution < -0.4 is 0 Å². The Morgan fingerprint density at radius 2 is 2.10 bits per heavy atom. The molecule has 1 aromatic carbocycles. The lowest BCUT2D eigenvalue weighted by atomic mass is 10.2. The van der Waals surface area contributed by atoms with Gasteiger partial charge in [-0.1, -0.05) is 0 Å². The fourth-order valence-corrected chi connectivity index (χ4v) is 3.71. The Bertz CT molecular complexity index is 692. The maximum atomic E-state index is 13.8. The third-order valence-corrected chi connectivity index (χ3v) is 5.02. The number of benzene rings is 1. The van der Waals surface area contributed by atoms with E-state index in [-0.39, 0.29) is 5.82 Å². The molecule has 0 amide bonds. The highest BCUT2D eigenvalue weighted by atomic mass is 35.5. The smallest absolute Gasteiger partial charge is 0.128 e.